The Hall–Kier alpha value is -2.36. The fourth-order valence-corrected chi connectivity index (χ4v) is 3.26. The smallest absolute Gasteiger partial charge is 0.244 e. The summed E-state index contributed by atoms with van der Waals surface area (Å²) in [5, 5.41) is 7.73. The summed E-state index contributed by atoms with van der Waals surface area (Å²) >= 11 is 0. The maximum Gasteiger partial charge on any atom is 0.244 e. The van der Waals surface area contributed by atoms with Gasteiger partial charge in [-0.2, -0.15) is 5.10 Å². The lowest BCUT2D eigenvalue weighted by Crippen LogP contribution is -2.29. The molecule has 0 saturated carbocycles. The first-order valence-corrected chi connectivity index (χ1v) is 8.55. The molecular weight excluding hydrogens is 298 g/mol. The SMILES string of the molecule is CC(C)=CC(=O)NC1CCCc2c1cnn2-c1ccc(C)c(C)c1. The number of benzene rings is 1. The van der Waals surface area contributed by atoms with Gasteiger partial charge in [-0.3, -0.25) is 4.79 Å². The number of nitrogens with one attached hydrogen (secondary N) is 1. The topological polar surface area (TPSA) is 46.9 Å². The molecule has 1 atom stereocenters. The Morgan fingerprint density at radius 1 is 1.29 bits per heavy atom. The number of hydrogen-bond acceptors (Lipinski definition) is 2. The molecule has 0 aliphatic heterocycles. The number of fused-ring (bicyclic) bond motifs is 1. The molecule has 1 aromatic carbocycles. The number of allylic oxidation sites excluding steroid dienone is 1. The van der Waals surface area contributed by atoms with Crippen molar-refractivity contribution in [3.63, 3.8) is 0 Å². The van der Waals surface area contributed by atoms with Crippen molar-refractivity contribution in [1.29, 1.82) is 0 Å². The van der Waals surface area contributed by atoms with E-state index in [1.807, 2.05) is 24.7 Å². The Kier molecular flexibility index (Phi) is 4.56. The van der Waals surface area contributed by atoms with E-state index in [0.29, 0.717) is 0 Å². The van der Waals surface area contributed by atoms with E-state index in [1.165, 1.54) is 16.8 Å². The number of carbonyl (C=O) groups is 1. The van der Waals surface area contributed by atoms with Crippen molar-refractivity contribution in [2.45, 2.75) is 53.0 Å². The van der Waals surface area contributed by atoms with Gasteiger partial charge >= 0.3 is 0 Å². The fourth-order valence-electron chi connectivity index (χ4n) is 3.26. The number of carbonyl (C=O) groups excluding carboxylic acids is 1. The molecule has 0 radical (unpaired) electrons. The second kappa shape index (κ2) is 6.63. The summed E-state index contributed by atoms with van der Waals surface area (Å²) < 4.78 is 2.03. The van der Waals surface area contributed by atoms with Crippen LogP contribution in [0.2, 0.25) is 0 Å². The molecule has 1 aromatic heterocycles. The van der Waals surface area contributed by atoms with Gasteiger partial charge in [-0.15, -0.1) is 0 Å². The highest BCUT2D eigenvalue weighted by atomic mass is 16.1. The monoisotopic (exact) mass is 323 g/mol. The summed E-state index contributed by atoms with van der Waals surface area (Å²) in [4.78, 5) is 12.1. The summed E-state index contributed by atoms with van der Waals surface area (Å²) in [5.74, 6) is -0.0215. The van der Waals surface area contributed by atoms with Crippen molar-refractivity contribution in [2.75, 3.05) is 0 Å². The Morgan fingerprint density at radius 3 is 2.79 bits per heavy atom. The van der Waals surface area contributed by atoms with E-state index in [0.717, 1.165) is 36.1 Å². The van der Waals surface area contributed by atoms with Crippen LogP contribution in [0.1, 0.15) is 55.1 Å². The zero-order valence-corrected chi connectivity index (χ0v) is 14.9. The van der Waals surface area contributed by atoms with Crippen LogP contribution in [-0.2, 0) is 11.2 Å². The summed E-state index contributed by atoms with van der Waals surface area (Å²) in [6.45, 7) is 8.11. The largest absolute Gasteiger partial charge is 0.346 e. The van der Waals surface area contributed by atoms with Gasteiger partial charge in [0, 0.05) is 17.3 Å². The predicted octanol–water partition coefficient (Wildman–Crippen LogP) is 3.95. The normalized spacial score (nSPS) is 16.4. The van der Waals surface area contributed by atoms with Crippen LogP contribution in [0.15, 0.2) is 36.0 Å². The maximum absolute atomic E-state index is 12.1. The molecule has 0 fully saturated rings. The Balaban J connectivity index is 1.91. The van der Waals surface area contributed by atoms with Crippen LogP contribution in [0, 0.1) is 13.8 Å². The van der Waals surface area contributed by atoms with E-state index in [2.05, 4.69) is 42.5 Å². The molecule has 4 heteroatoms. The highest BCUT2D eigenvalue weighted by Crippen LogP contribution is 2.31. The van der Waals surface area contributed by atoms with Crippen molar-refractivity contribution in [3.8, 4) is 5.69 Å². The third-order valence-electron chi connectivity index (χ3n) is 4.65. The van der Waals surface area contributed by atoms with Crippen LogP contribution in [0.25, 0.3) is 5.69 Å². The van der Waals surface area contributed by atoms with E-state index < -0.39 is 0 Å². The lowest BCUT2D eigenvalue weighted by atomic mass is 9.92. The molecule has 1 aliphatic carbocycles. The Morgan fingerprint density at radius 2 is 2.08 bits per heavy atom. The number of nitrogens with zero attached hydrogens (tertiary/aromatic N) is 2. The second-order valence-electron chi connectivity index (χ2n) is 6.90. The highest BCUT2D eigenvalue weighted by molar-refractivity contribution is 5.88. The van der Waals surface area contributed by atoms with Crippen LogP contribution in [0.3, 0.4) is 0 Å². The number of hydrogen-bond donors (Lipinski definition) is 1. The third-order valence-corrected chi connectivity index (χ3v) is 4.65. The van der Waals surface area contributed by atoms with E-state index in [1.54, 1.807) is 6.08 Å². The first-order chi connectivity index (χ1) is 11.5. The van der Waals surface area contributed by atoms with Gasteiger partial charge in [0.1, 0.15) is 0 Å². The van der Waals surface area contributed by atoms with Crippen LogP contribution in [0.5, 0.6) is 0 Å². The van der Waals surface area contributed by atoms with Crippen molar-refractivity contribution < 1.29 is 4.79 Å². The average Bonchev–Trinajstić information content (AvgIpc) is 2.94. The minimum absolute atomic E-state index is 0.0215. The lowest BCUT2D eigenvalue weighted by Gasteiger charge is -2.24. The molecule has 1 heterocycles. The van der Waals surface area contributed by atoms with Crippen LogP contribution < -0.4 is 5.32 Å². The number of aromatic nitrogens is 2. The van der Waals surface area contributed by atoms with Gasteiger partial charge in [0.25, 0.3) is 0 Å². The van der Waals surface area contributed by atoms with E-state index in [-0.39, 0.29) is 11.9 Å². The van der Waals surface area contributed by atoms with Gasteiger partial charge in [-0.25, -0.2) is 4.68 Å². The van der Waals surface area contributed by atoms with Crippen molar-refractivity contribution in [3.05, 3.63) is 58.4 Å². The standard InChI is InChI=1S/C20H25N3O/c1-13(2)10-20(24)22-18-6-5-7-19-17(18)12-21-23(19)16-9-8-14(3)15(4)11-16/h8-12,18H,5-7H2,1-4H3,(H,22,24). The molecule has 0 spiro atoms. The number of aryl methyl sites for hydroxylation is 2. The zero-order valence-electron chi connectivity index (χ0n) is 14.9. The molecule has 24 heavy (non-hydrogen) atoms. The molecule has 1 amide bonds. The van der Waals surface area contributed by atoms with Crippen molar-refractivity contribution in [1.82, 2.24) is 15.1 Å². The second-order valence-corrected chi connectivity index (χ2v) is 6.90. The molecule has 2 aromatic rings. The Labute approximate surface area is 143 Å². The molecule has 126 valence electrons. The quantitative estimate of drug-likeness (QED) is 0.869. The highest BCUT2D eigenvalue weighted by Gasteiger charge is 2.25. The van der Waals surface area contributed by atoms with Gasteiger partial charge in [-0.1, -0.05) is 11.6 Å². The molecule has 1 unspecified atom stereocenters. The van der Waals surface area contributed by atoms with Gasteiger partial charge in [0.05, 0.1) is 17.9 Å². The first kappa shape index (κ1) is 16.5. The molecule has 0 saturated heterocycles. The Bertz CT molecular complexity index is 797. The van der Waals surface area contributed by atoms with Crippen molar-refractivity contribution >= 4 is 5.91 Å². The third kappa shape index (κ3) is 3.28. The van der Waals surface area contributed by atoms with E-state index in [9.17, 15) is 4.79 Å². The molecule has 1 N–H and O–H groups in total. The van der Waals surface area contributed by atoms with Gasteiger partial charge < -0.3 is 5.32 Å². The summed E-state index contributed by atoms with van der Waals surface area (Å²) in [6.07, 6.45) is 6.59. The van der Waals surface area contributed by atoms with E-state index in [4.69, 9.17) is 0 Å². The summed E-state index contributed by atoms with van der Waals surface area (Å²) in [6, 6.07) is 6.47. The van der Waals surface area contributed by atoms with E-state index >= 15 is 0 Å². The van der Waals surface area contributed by atoms with Crippen LogP contribution in [-0.4, -0.2) is 15.7 Å². The van der Waals surface area contributed by atoms with Gasteiger partial charge in [-0.05, 0) is 70.2 Å². The van der Waals surface area contributed by atoms with Crippen LogP contribution in [0.4, 0.5) is 0 Å². The van der Waals surface area contributed by atoms with Crippen molar-refractivity contribution in [2.24, 2.45) is 0 Å². The number of amides is 1. The maximum atomic E-state index is 12.1. The minimum atomic E-state index is -0.0215. The molecule has 1 aliphatic rings. The lowest BCUT2D eigenvalue weighted by molar-refractivity contribution is -0.117. The number of rotatable bonds is 3. The summed E-state index contributed by atoms with van der Waals surface area (Å²) in [7, 11) is 0. The minimum Gasteiger partial charge on any atom is -0.346 e. The van der Waals surface area contributed by atoms with Gasteiger partial charge in [0.15, 0.2) is 0 Å². The predicted molar refractivity (Wildman–Crippen MR) is 96.3 cm³/mol. The summed E-state index contributed by atoms with van der Waals surface area (Å²) in [5.41, 5.74) is 7.01. The first-order valence-electron chi connectivity index (χ1n) is 8.55. The zero-order chi connectivity index (χ0) is 17.3. The average molecular weight is 323 g/mol. The molecule has 0 bridgehead atoms. The molecule has 3 rings (SSSR count). The molecular formula is C20H25N3O. The fraction of sp³-hybridized carbons (Fsp3) is 0.400. The molecule has 4 nitrogen and oxygen atoms in total. The van der Waals surface area contributed by atoms with Crippen LogP contribution >= 0.6 is 0 Å². The van der Waals surface area contributed by atoms with Gasteiger partial charge in [0.2, 0.25) is 5.91 Å².